The monoisotopic (exact) mass is 377 g/mol. The number of carbonyl (C=O) groups excluding carboxylic acids is 1. The molecular weight excluding hydrogens is 354 g/mol. The van der Waals surface area contributed by atoms with Crippen LogP contribution in [0.1, 0.15) is 12.0 Å². The van der Waals surface area contributed by atoms with Gasteiger partial charge in [0, 0.05) is 38.5 Å². The van der Waals surface area contributed by atoms with Crippen LogP contribution >= 0.6 is 12.4 Å². The van der Waals surface area contributed by atoms with Crippen molar-refractivity contribution >= 4 is 28.3 Å². The van der Waals surface area contributed by atoms with Gasteiger partial charge in [-0.05, 0) is 19.1 Å². The molecule has 0 spiro atoms. The van der Waals surface area contributed by atoms with E-state index in [2.05, 4.69) is 15.4 Å². The number of hydrogen-bond donors (Lipinski definition) is 4. The molecule has 0 bridgehead atoms. The highest BCUT2D eigenvalue weighted by Crippen LogP contribution is 2.10. The van der Waals surface area contributed by atoms with Crippen LogP contribution in [0.3, 0.4) is 0 Å². The summed E-state index contributed by atoms with van der Waals surface area (Å²) < 4.78 is 26.5. The maximum atomic E-state index is 12.1. The minimum atomic E-state index is -3.59. The standard InChI is InChI=1S/C15H23N3O4S.ClH/c1-11-2-4-13(5-3-11)23(21,22)18-7-6-15(20)17-9-12-8-16-10-14(12)19;/h2-5,12,14,16,18-19H,6-10H2,1H3,(H,17,20);1H. The first kappa shape index (κ1) is 20.9. The Morgan fingerprint density at radius 3 is 2.54 bits per heavy atom. The molecule has 1 fully saturated rings. The molecule has 2 unspecified atom stereocenters. The molecule has 1 aliphatic heterocycles. The van der Waals surface area contributed by atoms with Gasteiger partial charge in [-0.1, -0.05) is 17.7 Å². The first-order chi connectivity index (χ1) is 10.9. The van der Waals surface area contributed by atoms with E-state index in [9.17, 15) is 18.3 Å². The Morgan fingerprint density at radius 1 is 1.29 bits per heavy atom. The summed E-state index contributed by atoms with van der Waals surface area (Å²) in [6.45, 7) is 3.51. The lowest BCUT2D eigenvalue weighted by molar-refractivity contribution is -0.121. The van der Waals surface area contributed by atoms with Crippen molar-refractivity contribution < 1.29 is 18.3 Å². The molecule has 9 heteroatoms. The van der Waals surface area contributed by atoms with Gasteiger partial charge in [0.1, 0.15) is 0 Å². The van der Waals surface area contributed by atoms with E-state index < -0.39 is 16.1 Å². The van der Waals surface area contributed by atoms with E-state index >= 15 is 0 Å². The van der Waals surface area contributed by atoms with Gasteiger partial charge in [-0.3, -0.25) is 4.79 Å². The van der Waals surface area contributed by atoms with Crippen LogP contribution in [0.2, 0.25) is 0 Å². The molecule has 0 aliphatic carbocycles. The predicted octanol–water partition coefficient (Wildman–Crippen LogP) is -0.218. The number of halogens is 1. The van der Waals surface area contributed by atoms with E-state index in [0.29, 0.717) is 19.6 Å². The number of aliphatic hydroxyl groups is 1. The zero-order valence-corrected chi connectivity index (χ0v) is 15.1. The van der Waals surface area contributed by atoms with Crippen molar-refractivity contribution in [2.45, 2.75) is 24.3 Å². The molecule has 0 radical (unpaired) electrons. The molecular formula is C15H24ClN3O4S. The van der Waals surface area contributed by atoms with Crippen molar-refractivity contribution in [1.82, 2.24) is 15.4 Å². The highest BCUT2D eigenvalue weighted by Gasteiger charge is 2.25. The number of aryl methyl sites for hydroxylation is 1. The van der Waals surface area contributed by atoms with Gasteiger partial charge in [0.25, 0.3) is 0 Å². The van der Waals surface area contributed by atoms with Crippen LogP contribution in [-0.4, -0.2) is 51.7 Å². The number of nitrogens with one attached hydrogen (secondary N) is 3. The topological polar surface area (TPSA) is 108 Å². The lowest BCUT2D eigenvalue weighted by Crippen LogP contribution is -2.36. The molecule has 7 nitrogen and oxygen atoms in total. The fourth-order valence-electron chi connectivity index (χ4n) is 2.36. The second-order valence-corrected chi connectivity index (χ2v) is 7.52. The van der Waals surface area contributed by atoms with Gasteiger partial charge in [0.2, 0.25) is 15.9 Å². The fourth-order valence-corrected chi connectivity index (χ4v) is 3.39. The average molecular weight is 378 g/mol. The SMILES string of the molecule is Cc1ccc(S(=O)(=O)NCCC(=O)NCC2CNCC2O)cc1.Cl. The molecule has 0 aromatic heterocycles. The molecule has 1 aromatic rings. The predicted molar refractivity (Wildman–Crippen MR) is 93.6 cm³/mol. The zero-order valence-electron chi connectivity index (χ0n) is 13.5. The third-order valence-electron chi connectivity index (χ3n) is 3.84. The lowest BCUT2D eigenvalue weighted by Gasteiger charge is -2.14. The number of aliphatic hydroxyl groups excluding tert-OH is 1. The number of hydrogen-bond acceptors (Lipinski definition) is 5. The number of rotatable bonds is 7. The third kappa shape index (κ3) is 6.03. The second kappa shape index (κ2) is 9.33. The first-order valence-electron chi connectivity index (χ1n) is 7.60. The Kier molecular flexibility index (Phi) is 8.11. The van der Waals surface area contributed by atoms with Crippen molar-refractivity contribution in [1.29, 1.82) is 0 Å². The second-order valence-electron chi connectivity index (χ2n) is 5.75. The van der Waals surface area contributed by atoms with Crippen molar-refractivity contribution in [3.8, 4) is 0 Å². The van der Waals surface area contributed by atoms with Crippen molar-refractivity contribution in [3.63, 3.8) is 0 Å². The van der Waals surface area contributed by atoms with Crippen LogP contribution in [0, 0.1) is 12.8 Å². The summed E-state index contributed by atoms with van der Waals surface area (Å²) in [6.07, 6.45) is -0.392. The number of amides is 1. The number of benzene rings is 1. The first-order valence-corrected chi connectivity index (χ1v) is 9.08. The molecule has 1 amide bonds. The smallest absolute Gasteiger partial charge is 0.240 e. The van der Waals surface area contributed by atoms with Gasteiger partial charge in [0.15, 0.2) is 0 Å². The Hall–Kier alpha value is -1.19. The molecule has 4 N–H and O–H groups in total. The van der Waals surface area contributed by atoms with E-state index in [1.165, 1.54) is 12.1 Å². The van der Waals surface area contributed by atoms with Gasteiger partial charge in [-0.25, -0.2) is 13.1 Å². The van der Waals surface area contributed by atoms with Gasteiger partial charge < -0.3 is 15.7 Å². The minimum absolute atomic E-state index is 0. The highest BCUT2D eigenvalue weighted by molar-refractivity contribution is 7.89. The van der Waals surface area contributed by atoms with Crippen LogP contribution in [0.4, 0.5) is 0 Å². The van der Waals surface area contributed by atoms with Crippen LogP contribution in [0.5, 0.6) is 0 Å². The summed E-state index contributed by atoms with van der Waals surface area (Å²) in [6, 6.07) is 6.52. The summed E-state index contributed by atoms with van der Waals surface area (Å²) in [5, 5.41) is 15.4. The largest absolute Gasteiger partial charge is 0.391 e. The normalized spacial score (nSPS) is 20.4. The van der Waals surface area contributed by atoms with Crippen LogP contribution < -0.4 is 15.4 Å². The molecule has 136 valence electrons. The zero-order chi connectivity index (χ0) is 16.9. The number of sulfonamides is 1. The van der Waals surface area contributed by atoms with Crippen molar-refractivity contribution in [3.05, 3.63) is 29.8 Å². The van der Waals surface area contributed by atoms with Gasteiger partial charge in [-0.15, -0.1) is 12.4 Å². The molecule has 1 aliphatic rings. The molecule has 0 saturated carbocycles. The Bertz CT molecular complexity index is 637. The minimum Gasteiger partial charge on any atom is -0.391 e. The summed E-state index contributed by atoms with van der Waals surface area (Å²) in [7, 11) is -3.59. The lowest BCUT2D eigenvalue weighted by atomic mass is 10.1. The summed E-state index contributed by atoms with van der Waals surface area (Å²) in [5.41, 5.74) is 0.979. The Balaban J connectivity index is 0.00000288. The van der Waals surface area contributed by atoms with Crippen molar-refractivity contribution in [2.24, 2.45) is 5.92 Å². The summed E-state index contributed by atoms with van der Waals surface area (Å²) in [5.74, 6) is -0.237. The summed E-state index contributed by atoms with van der Waals surface area (Å²) in [4.78, 5) is 11.9. The molecule has 1 saturated heterocycles. The maximum Gasteiger partial charge on any atom is 0.240 e. The Labute approximate surface area is 148 Å². The van der Waals surface area contributed by atoms with Gasteiger partial charge in [-0.2, -0.15) is 0 Å². The molecule has 24 heavy (non-hydrogen) atoms. The van der Waals surface area contributed by atoms with Crippen molar-refractivity contribution in [2.75, 3.05) is 26.2 Å². The quantitative estimate of drug-likeness (QED) is 0.525. The number of β-amino-alcohol motifs (C(OH)–C–C–N with tert-alkyl or cyclic N) is 1. The van der Waals surface area contributed by atoms with E-state index in [0.717, 1.165) is 5.56 Å². The van der Waals surface area contributed by atoms with E-state index in [1.807, 2.05) is 6.92 Å². The third-order valence-corrected chi connectivity index (χ3v) is 5.32. The summed E-state index contributed by atoms with van der Waals surface area (Å²) >= 11 is 0. The molecule has 1 aromatic carbocycles. The highest BCUT2D eigenvalue weighted by atomic mass is 35.5. The van der Waals surface area contributed by atoms with Gasteiger partial charge in [0.05, 0.1) is 11.0 Å². The van der Waals surface area contributed by atoms with Crippen LogP contribution in [-0.2, 0) is 14.8 Å². The van der Waals surface area contributed by atoms with Crippen LogP contribution in [0.15, 0.2) is 29.2 Å². The van der Waals surface area contributed by atoms with E-state index in [4.69, 9.17) is 0 Å². The number of carbonyl (C=O) groups is 1. The average Bonchev–Trinajstić information content (AvgIpc) is 2.91. The Morgan fingerprint density at radius 2 is 1.96 bits per heavy atom. The van der Waals surface area contributed by atoms with E-state index in [-0.39, 0.29) is 42.1 Å². The van der Waals surface area contributed by atoms with E-state index in [1.54, 1.807) is 12.1 Å². The van der Waals surface area contributed by atoms with Gasteiger partial charge >= 0.3 is 0 Å². The van der Waals surface area contributed by atoms with Crippen LogP contribution in [0.25, 0.3) is 0 Å². The molecule has 1 heterocycles. The fraction of sp³-hybridized carbons (Fsp3) is 0.533. The molecule has 2 rings (SSSR count). The molecule has 2 atom stereocenters. The maximum absolute atomic E-state index is 12.1.